The molecule has 0 aliphatic rings. The first-order valence-electron chi connectivity index (χ1n) is 7.08. The van der Waals surface area contributed by atoms with E-state index in [1.165, 1.54) is 12.1 Å². The van der Waals surface area contributed by atoms with Crippen molar-refractivity contribution in [3.8, 4) is 5.75 Å². The number of methoxy groups -OCH3 is 1. The van der Waals surface area contributed by atoms with Crippen molar-refractivity contribution >= 4 is 17.1 Å². The molecular weight excluding hydrogens is 325 g/mol. The number of nitro benzene ring substituents is 1. The zero-order valence-electron chi connectivity index (χ0n) is 13.6. The van der Waals surface area contributed by atoms with Crippen LogP contribution in [0, 0.1) is 34.5 Å². The number of nitrogens with zero attached hydrogens (tertiary/aromatic N) is 1. The Balaban J connectivity index is 0.00000139. The molecular formula is C16H17F3N2O3. The van der Waals surface area contributed by atoms with Gasteiger partial charge in [0.25, 0.3) is 0 Å². The minimum atomic E-state index is -1.29. The number of anilines is 2. The van der Waals surface area contributed by atoms with Gasteiger partial charge in [0.2, 0.25) is 5.82 Å². The van der Waals surface area contributed by atoms with Crippen LogP contribution < -0.4 is 10.1 Å². The van der Waals surface area contributed by atoms with Crippen molar-refractivity contribution in [2.45, 2.75) is 20.8 Å². The minimum Gasteiger partial charge on any atom is -0.493 e. The Labute approximate surface area is 137 Å². The van der Waals surface area contributed by atoms with Crippen LogP contribution in [-0.2, 0) is 0 Å². The van der Waals surface area contributed by atoms with Crippen LogP contribution in [0.2, 0.25) is 0 Å². The Morgan fingerprint density at radius 1 is 1.12 bits per heavy atom. The topological polar surface area (TPSA) is 64.4 Å². The quantitative estimate of drug-likeness (QED) is 0.620. The maximum absolute atomic E-state index is 14.2. The Morgan fingerprint density at radius 2 is 1.75 bits per heavy atom. The first-order chi connectivity index (χ1) is 11.3. The van der Waals surface area contributed by atoms with E-state index in [1.807, 2.05) is 13.8 Å². The number of aryl methyl sites for hydroxylation is 1. The van der Waals surface area contributed by atoms with Crippen LogP contribution in [0.1, 0.15) is 19.4 Å². The number of ether oxygens (including phenoxy) is 1. The Kier molecular flexibility index (Phi) is 6.58. The van der Waals surface area contributed by atoms with Crippen LogP contribution in [0.5, 0.6) is 5.75 Å². The molecule has 1 N–H and O–H groups in total. The molecule has 0 aliphatic carbocycles. The molecule has 0 aliphatic heterocycles. The summed E-state index contributed by atoms with van der Waals surface area (Å²) in [7, 11) is 1.08. The summed E-state index contributed by atoms with van der Waals surface area (Å²) in [5.74, 6) is -3.76. The molecule has 0 amide bonds. The number of halogens is 3. The van der Waals surface area contributed by atoms with Gasteiger partial charge in [0.15, 0.2) is 17.3 Å². The second-order valence-corrected chi connectivity index (χ2v) is 4.46. The van der Waals surface area contributed by atoms with E-state index in [1.54, 1.807) is 6.92 Å². The van der Waals surface area contributed by atoms with Gasteiger partial charge in [-0.15, -0.1) is 0 Å². The molecule has 2 aromatic rings. The summed E-state index contributed by atoms with van der Waals surface area (Å²) in [6, 6.07) is 4.50. The van der Waals surface area contributed by atoms with Crippen LogP contribution in [0.3, 0.4) is 0 Å². The van der Waals surface area contributed by atoms with Crippen molar-refractivity contribution in [3.05, 3.63) is 57.4 Å². The lowest BCUT2D eigenvalue weighted by molar-refractivity contribution is -0.386. The highest BCUT2D eigenvalue weighted by Crippen LogP contribution is 2.38. The fourth-order valence-corrected chi connectivity index (χ4v) is 1.89. The average molecular weight is 342 g/mol. The smallest absolute Gasteiger partial charge is 0.331 e. The summed E-state index contributed by atoms with van der Waals surface area (Å²) in [4.78, 5) is 9.86. The molecule has 0 saturated carbocycles. The number of nitro groups is 1. The maximum atomic E-state index is 14.2. The third-order valence-corrected chi connectivity index (χ3v) is 2.94. The van der Waals surface area contributed by atoms with E-state index in [4.69, 9.17) is 0 Å². The largest absolute Gasteiger partial charge is 0.493 e. The summed E-state index contributed by atoms with van der Waals surface area (Å²) in [5, 5.41) is 13.2. The van der Waals surface area contributed by atoms with E-state index in [9.17, 15) is 23.3 Å². The van der Waals surface area contributed by atoms with Crippen LogP contribution in [0.4, 0.5) is 30.2 Å². The highest BCUT2D eigenvalue weighted by molar-refractivity contribution is 5.73. The number of benzene rings is 2. The maximum Gasteiger partial charge on any atom is 0.331 e. The third kappa shape index (κ3) is 3.95. The predicted molar refractivity (Wildman–Crippen MR) is 85.3 cm³/mol. The minimum absolute atomic E-state index is 0.222. The van der Waals surface area contributed by atoms with Crippen LogP contribution in [0.25, 0.3) is 0 Å². The molecule has 0 spiro atoms. The van der Waals surface area contributed by atoms with Crippen LogP contribution >= 0.6 is 0 Å². The number of hydrogen-bond acceptors (Lipinski definition) is 4. The Bertz CT molecular complexity index is 752. The first kappa shape index (κ1) is 19.3. The summed E-state index contributed by atoms with van der Waals surface area (Å²) < 4.78 is 46.4. The fraction of sp³-hybridized carbons (Fsp3) is 0.250. The third-order valence-electron chi connectivity index (χ3n) is 2.94. The van der Waals surface area contributed by atoms with E-state index < -0.39 is 39.5 Å². The van der Waals surface area contributed by atoms with Crippen molar-refractivity contribution in [1.82, 2.24) is 0 Å². The Hall–Kier alpha value is -2.77. The van der Waals surface area contributed by atoms with Gasteiger partial charge in [0.05, 0.1) is 17.7 Å². The van der Waals surface area contributed by atoms with Gasteiger partial charge in [-0.2, -0.15) is 4.39 Å². The van der Waals surface area contributed by atoms with Crippen LogP contribution in [-0.4, -0.2) is 12.0 Å². The molecule has 8 heteroatoms. The first-order valence-corrected chi connectivity index (χ1v) is 7.08. The van der Waals surface area contributed by atoms with E-state index in [2.05, 4.69) is 10.1 Å². The average Bonchev–Trinajstić information content (AvgIpc) is 2.54. The van der Waals surface area contributed by atoms with E-state index >= 15 is 0 Å². The highest BCUT2D eigenvalue weighted by Gasteiger charge is 2.28. The lowest BCUT2D eigenvalue weighted by Crippen LogP contribution is -2.05. The van der Waals surface area contributed by atoms with Gasteiger partial charge in [-0.1, -0.05) is 19.9 Å². The molecule has 0 radical (unpaired) electrons. The standard InChI is InChI=1S/C14H11F3N2O3.C2H6/c1-7-3-4-10(8(15)5-7)18-13-12(17)11(22-2)6-9(16)14(13)19(20)21;1-2/h3-6,18H,1-2H3;1-2H3. The summed E-state index contributed by atoms with van der Waals surface area (Å²) >= 11 is 0. The summed E-state index contributed by atoms with van der Waals surface area (Å²) in [5.41, 5.74) is -1.54. The van der Waals surface area contributed by atoms with Crippen molar-refractivity contribution in [1.29, 1.82) is 0 Å². The monoisotopic (exact) mass is 342 g/mol. The molecule has 2 aromatic carbocycles. The predicted octanol–water partition coefficient (Wildman–Crippen LogP) is 5.10. The number of rotatable bonds is 4. The zero-order valence-corrected chi connectivity index (χ0v) is 13.6. The van der Waals surface area contributed by atoms with Gasteiger partial charge in [-0.25, -0.2) is 8.78 Å². The van der Waals surface area contributed by atoms with Gasteiger partial charge in [0, 0.05) is 6.07 Å². The van der Waals surface area contributed by atoms with Gasteiger partial charge >= 0.3 is 5.69 Å². The number of hydrogen-bond donors (Lipinski definition) is 1. The zero-order chi connectivity index (χ0) is 18.4. The highest BCUT2D eigenvalue weighted by atomic mass is 19.1. The normalized spacial score (nSPS) is 9.79. The van der Waals surface area contributed by atoms with Crippen molar-refractivity contribution < 1.29 is 22.8 Å². The molecule has 0 saturated heterocycles. The van der Waals surface area contributed by atoms with Crippen molar-refractivity contribution in [3.63, 3.8) is 0 Å². The second kappa shape index (κ2) is 8.19. The molecule has 24 heavy (non-hydrogen) atoms. The van der Waals surface area contributed by atoms with Gasteiger partial charge in [-0.3, -0.25) is 10.1 Å². The molecule has 0 bridgehead atoms. The second-order valence-electron chi connectivity index (χ2n) is 4.46. The number of nitrogens with one attached hydrogen (secondary N) is 1. The molecule has 0 heterocycles. The van der Waals surface area contributed by atoms with Gasteiger partial charge in [0.1, 0.15) is 5.82 Å². The molecule has 0 fully saturated rings. The lowest BCUT2D eigenvalue weighted by atomic mass is 10.2. The van der Waals surface area contributed by atoms with Gasteiger partial charge < -0.3 is 10.1 Å². The molecule has 0 aromatic heterocycles. The van der Waals surface area contributed by atoms with E-state index in [0.29, 0.717) is 11.6 Å². The van der Waals surface area contributed by atoms with Crippen molar-refractivity contribution in [2.24, 2.45) is 0 Å². The molecule has 5 nitrogen and oxygen atoms in total. The lowest BCUT2D eigenvalue weighted by Gasteiger charge is -2.12. The van der Waals surface area contributed by atoms with E-state index in [-0.39, 0.29) is 5.69 Å². The van der Waals surface area contributed by atoms with Crippen LogP contribution in [0.15, 0.2) is 24.3 Å². The summed E-state index contributed by atoms with van der Waals surface area (Å²) in [6.45, 7) is 5.64. The van der Waals surface area contributed by atoms with Crippen molar-refractivity contribution in [2.75, 3.05) is 12.4 Å². The molecule has 130 valence electrons. The SMILES string of the molecule is CC.COc1cc(F)c([N+](=O)[O-])c(Nc2ccc(C)cc2F)c1F. The summed E-state index contributed by atoms with van der Waals surface area (Å²) in [6.07, 6.45) is 0. The molecule has 0 unspecified atom stereocenters. The fourth-order valence-electron chi connectivity index (χ4n) is 1.89. The van der Waals surface area contributed by atoms with E-state index in [0.717, 1.165) is 13.2 Å². The Morgan fingerprint density at radius 3 is 2.25 bits per heavy atom. The van der Waals surface area contributed by atoms with Gasteiger partial charge in [-0.05, 0) is 24.6 Å². The molecule has 0 atom stereocenters. The molecule has 2 rings (SSSR count).